The van der Waals surface area contributed by atoms with E-state index in [1.54, 1.807) is 0 Å². The van der Waals surface area contributed by atoms with E-state index >= 15 is 0 Å². The van der Waals surface area contributed by atoms with Crippen LogP contribution >= 0.6 is 45.3 Å². The van der Waals surface area contributed by atoms with Gasteiger partial charge in [-0.3, -0.25) is 0 Å². The van der Waals surface area contributed by atoms with Crippen molar-refractivity contribution in [1.29, 1.82) is 0 Å². The van der Waals surface area contributed by atoms with Gasteiger partial charge >= 0.3 is 0 Å². The van der Waals surface area contributed by atoms with Gasteiger partial charge < -0.3 is 9.13 Å². The Morgan fingerprint density at radius 3 is 1.18 bits per heavy atom. The average molecular weight is 637 g/mol. The molecule has 0 N–H and O–H groups in total. The molecule has 0 atom stereocenters. The summed E-state index contributed by atoms with van der Waals surface area (Å²) >= 11 is 7.65. The Kier molecular flexibility index (Phi) is 5.24. The third-order valence-electron chi connectivity index (χ3n) is 9.05. The van der Waals surface area contributed by atoms with Crippen LogP contribution in [-0.4, -0.2) is 9.13 Å². The number of fused-ring (bicyclic) bond motifs is 8. The molecule has 0 fully saturated rings. The van der Waals surface area contributed by atoms with E-state index in [0.29, 0.717) is 0 Å². The molecule has 2 nitrogen and oxygen atoms in total. The van der Waals surface area contributed by atoms with Crippen molar-refractivity contribution in [3.63, 3.8) is 0 Å². The van der Waals surface area contributed by atoms with Crippen LogP contribution in [-0.2, 0) is 14.1 Å². The summed E-state index contributed by atoms with van der Waals surface area (Å²) in [6.07, 6.45) is 0. The highest BCUT2D eigenvalue weighted by Crippen LogP contribution is 2.47. The summed E-state index contributed by atoms with van der Waals surface area (Å²) in [6.45, 7) is 0. The molecule has 44 heavy (non-hydrogen) atoms. The molecule has 0 saturated heterocycles. The summed E-state index contributed by atoms with van der Waals surface area (Å²) in [5.74, 6) is 0. The molecule has 210 valence electrons. The molecule has 4 aromatic carbocycles. The quantitative estimate of drug-likeness (QED) is 0.183. The minimum atomic E-state index is 1.28. The SMILES string of the molecule is Cn1c2ccccc2c2cc(-c3cc4sc(-c5cc6sc(-c7ccc8c(c7)c7ccccc7n8C)cc6s5)cc4s3)ccc21. The Balaban J connectivity index is 0.984. The Labute approximate surface area is 269 Å². The highest BCUT2D eigenvalue weighted by Gasteiger charge is 2.16. The number of hydrogen-bond acceptors (Lipinski definition) is 4. The van der Waals surface area contributed by atoms with E-state index < -0.39 is 0 Å². The number of hydrogen-bond donors (Lipinski definition) is 0. The first-order valence-corrected chi connectivity index (χ1v) is 17.9. The van der Waals surface area contributed by atoms with Crippen molar-refractivity contribution >= 4 is 108 Å². The summed E-state index contributed by atoms with van der Waals surface area (Å²) in [4.78, 5) is 5.42. The second-order valence-corrected chi connectivity index (χ2v) is 15.9. The van der Waals surface area contributed by atoms with E-state index in [0.717, 1.165) is 0 Å². The van der Waals surface area contributed by atoms with Crippen LogP contribution in [0.2, 0.25) is 0 Å². The second-order valence-electron chi connectivity index (χ2n) is 11.5. The molecular weight excluding hydrogens is 613 g/mol. The van der Waals surface area contributed by atoms with Crippen LogP contribution in [0.3, 0.4) is 0 Å². The van der Waals surface area contributed by atoms with Crippen LogP contribution in [0.15, 0.2) is 109 Å². The number of rotatable bonds is 3. The second kappa shape index (κ2) is 9.16. The molecule has 6 heterocycles. The van der Waals surface area contributed by atoms with Crippen LogP contribution in [0.4, 0.5) is 0 Å². The molecule has 0 spiro atoms. The van der Waals surface area contributed by atoms with Crippen molar-refractivity contribution in [2.75, 3.05) is 0 Å². The Morgan fingerprint density at radius 2 is 0.727 bits per heavy atom. The van der Waals surface area contributed by atoms with Gasteiger partial charge in [0, 0.05) is 96.0 Å². The molecule has 0 radical (unpaired) electrons. The molecule has 0 bridgehead atoms. The Bertz CT molecular complexity index is 2500. The van der Waals surface area contributed by atoms with Crippen molar-refractivity contribution in [2.45, 2.75) is 0 Å². The van der Waals surface area contributed by atoms with E-state index in [9.17, 15) is 0 Å². The first kappa shape index (κ1) is 25.2. The maximum Gasteiger partial charge on any atom is 0.0489 e. The lowest BCUT2D eigenvalue weighted by Crippen LogP contribution is -1.85. The van der Waals surface area contributed by atoms with E-state index in [1.165, 1.54) is 93.0 Å². The molecule has 0 aliphatic heterocycles. The van der Waals surface area contributed by atoms with Gasteiger partial charge in [0.25, 0.3) is 0 Å². The third kappa shape index (κ3) is 3.57. The fourth-order valence-corrected chi connectivity index (χ4v) is 11.7. The van der Waals surface area contributed by atoms with Gasteiger partial charge in [-0.05, 0) is 71.8 Å². The molecule has 0 aliphatic carbocycles. The number of thiophene rings is 4. The summed E-state index contributed by atoms with van der Waals surface area (Å²) in [6, 6.07) is 40.8. The van der Waals surface area contributed by atoms with Crippen LogP contribution < -0.4 is 0 Å². The minimum absolute atomic E-state index is 1.28. The summed E-state index contributed by atoms with van der Waals surface area (Å²) < 4.78 is 10.1. The van der Waals surface area contributed by atoms with Crippen molar-refractivity contribution in [1.82, 2.24) is 9.13 Å². The van der Waals surface area contributed by atoms with Crippen LogP contribution in [0.5, 0.6) is 0 Å². The molecular formula is C38H24N2S4. The smallest absolute Gasteiger partial charge is 0.0489 e. The third-order valence-corrected chi connectivity index (χ3v) is 13.9. The molecule has 0 unspecified atom stereocenters. The lowest BCUT2D eigenvalue weighted by molar-refractivity contribution is 1.01. The lowest BCUT2D eigenvalue weighted by atomic mass is 10.1. The van der Waals surface area contributed by atoms with Crippen LogP contribution in [0, 0.1) is 0 Å². The minimum Gasteiger partial charge on any atom is -0.344 e. The number of benzene rings is 4. The molecule has 6 aromatic heterocycles. The number of aromatic nitrogens is 2. The van der Waals surface area contributed by atoms with Gasteiger partial charge in [-0.25, -0.2) is 0 Å². The number of nitrogens with zero attached hydrogens (tertiary/aromatic N) is 2. The van der Waals surface area contributed by atoms with Gasteiger partial charge in [0.1, 0.15) is 0 Å². The first-order valence-electron chi connectivity index (χ1n) is 14.6. The van der Waals surface area contributed by atoms with E-state index in [4.69, 9.17) is 0 Å². The molecule has 0 saturated carbocycles. The number of aryl methyl sites for hydroxylation is 2. The summed E-state index contributed by atoms with van der Waals surface area (Å²) in [7, 11) is 4.32. The lowest BCUT2D eigenvalue weighted by Gasteiger charge is -2.00. The Morgan fingerprint density at radius 1 is 0.364 bits per heavy atom. The molecule has 6 heteroatoms. The van der Waals surface area contributed by atoms with Crippen molar-refractivity contribution in [3.05, 3.63) is 109 Å². The van der Waals surface area contributed by atoms with Gasteiger partial charge in [0.2, 0.25) is 0 Å². The molecule has 0 aliphatic rings. The van der Waals surface area contributed by atoms with E-state index in [-0.39, 0.29) is 0 Å². The largest absolute Gasteiger partial charge is 0.344 e. The highest BCUT2D eigenvalue weighted by molar-refractivity contribution is 7.35. The Hall–Kier alpha value is -4.20. The van der Waals surface area contributed by atoms with Crippen molar-refractivity contribution in [2.24, 2.45) is 14.1 Å². The van der Waals surface area contributed by atoms with Crippen LogP contribution in [0.1, 0.15) is 0 Å². The van der Waals surface area contributed by atoms with Crippen LogP contribution in [0.25, 0.3) is 93.0 Å². The summed E-state index contributed by atoms with van der Waals surface area (Å²) in [5, 5.41) is 5.30. The zero-order valence-electron chi connectivity index (χ0n) is 23.9. The zero-order valence-corrected chi connectivity index (χ0v) is 27.2. The number of para-hydroxylation sites is 2. The van der Waals surface area contributed by atoms with Gasteiger partial charge in [0.15, 0.2) is 0 Å². The monoisotopic (exact) mass is 636 g/mol. The summed E-state index contributed by atoms with van der Waals surface area (Å²) in [5.41, 5.74) is 7.73. The predicted molar refractivity (Wildman–Crippen MR) is 197 cm³/mol. The topological polar surface area (TPSA) is 9.86 Å². The van der Waals surface area contributed by atoms with Gasteiger partial charge in [0.05, 0.1) is 0 Å². The molecule has 10 rings (SSSR count). The highest BCUT2D eigenvalue weighted by atomic mass is 32.1. The molecule has 10 aromatic rings. The average Bonchev–Trinajstić information content (AvgIpc) is 3.88. The maximum absolute atomic E-state index is 2.40. The van der Waals surface area contributed by atoms with E-state index in [2.05, 4.69) is 132 Å². The van der Waals surface area contributed by atoms with Gasteiger partial charge in [-0.1, -0.05) is 48.5 Å². The standard InChI is InChI=1S/C38H24N2S4/c1-39-27-9-5-3-7-23(27)25-15-21(11-13-29(25)39)31-17-33-35(41-31)19-37(43-33)38-20-36-34(44-38)18-32(42-36)22-12-14-30-26(16-22)24-8-4-6-10-28(24)40(30)2/h3-20H,1-2H3. The van der Waals surface area contributed by atoms with Gasteiger partial charge in [-0.2, -0.15) is 0 Å². The predicted octanol–water partition coefficient (Wildman–Crippen LogP) is 12.5. The first-order chi connectivity index (χ1) is 21.6. The normalized spacial score (nSPS) is 12.3. The van der Waals surface area contributed by atoms with Crippen molar-refractivity contribution in [3.8, 4) is 30.6 Å². The maximum atomic E-state index is 2.40. The van der Waals surface area contributed by atoms with E-state index in [1.807, 2.05) is 45.3 Å². The van der Waals surface area contributed by atoms with Gasteiger partial charge in [-0.15, -0.1) is 45.3 Å². The molecule has 0 amide bonds. The fraction of sp³-hybridized carbons (Fsp3) is 0.0526. The zero-order chi connectivity index (χ0) is 29.1. The fourth-order valence-electron chi connectivity index (χ4n) is 6.84. The van der Waals surface area contributed by atoms with Crippen molar-refractivity contribution < 1.29 is 0 Å².